The van der Waals surface area contributed by atoms with Gasteiger partial charge in [-0.3, -0.25) is 4.79 Å². The highest BCUT2D eigenvalue weighted by molar-refractivity contribution is 6.10. The molecule has 0 aliphatic rings. The number of para-hydroxylation sites is 1. The maximum Gasteiger partial charge on any atom is 0.257 e. The number of benzene rings is 2. The molecule has 2 heterocycles. The lowest BCUT2D eigenvalue weighted by atomic mass is 10.1. The van der Waals surface area contributed by atoms with E-state index in [4.69, 9.17) is 4.74 Å². The standard InChI is InChI=1S/C19H18N6O2/c1-27-12-11-24-10-9-14-16(6-4-8-17(14)24)21-19(26)15-5-2-3-7-18(15)25-13-20-22-23-25/h2-10,13H,11-12H2,1H3,(H,21,26). The molecule has 0 fully saturated rings. The molecular weight excluding hydrogens is 344 g/mol. The second-order valence-electron chi connectivity index (χ2n) is 5.97. The third-order valence-corrected chi connectivity index (χ3v) is 4.34. The zero-order valence-corrected chi connectivity index (χ0v) is 14.7. The fourth-order valence-corrected chi connectivity index (χ4v) is 3.04. The van der Waals surface area contributed by atoms with Crippen LogP contribution in [0.4, 0.5) is 5.69 Å². The molecule has 0 aliphatic carbocycles. The van der Waals surface area contributed by atoms with Crippen LogP contribution in [0.2, 0.25) is 0 Å². The molecule has 2 aromatic heterocycles. The second kappa shape index (κ2) is 7.38. The molecule has 0 saturated carbocycles. The molecule has 27 heavy (non-hydrogen) atoms. The van der Waals surface area contributed by atoms with E-state index in [0.717, 1.165) is 23.1 Å². The molecule has 0 atom stereocenters. The van der Waals surface area contributed by atoms with Gasteiger partial charge in [0.1, 0.15) is 6.33 Å². The van der Waals surface area contributed by atoms with Crippen molar-refractivity contribution in [3.05, 3.63) is 66.6 Å². The Morgan fingerprint density at radius 3 is 2.85 bits per heavy atom. The van der Waals surface area contributed by atoms with Gasteiger partial charge in [-0.15, -0.1) is 5.10 Å². The van der Waals surface area contributed by atoms with Crippen molar-refractivity contribution in [2.75, 3.05) is 19.0 Å². The Labute approximate surface area is 155 Å². The van der Waals surface area contributed by atoms with Gasteiger partial charge in [0.05, 0.1) is 29.1 Å². The smallest absolute Gasteiger partial charge is 0.257 e. The fourth-order valence-electron chi connectivity index (χ4n) is 3.04. The Hall–Kier alpha value is -3.52. The minimum absolute atomic E-state index is 0.224. The molecule has 0 bridgehead atoms. The maximum absolute atomic E-state index is 12.9. The first-order valence-electron chi connectivity index (χ1n) is 8.48. The van der Waals surface area contributed by atoms with Crippen LogP contribution in [0.25, 0.3) is 16.6 Å². The first-order chi connectivity index (χ1) is 13.3. The largest absolute Gasteiger partial charge is 0.383 e. The number of rotatable bonds is 6. The molecule has 1 amide bonds. The van der Waals surface area contributed by atoms with Crippen LogP contribution < -0.4 is 5.32 Å². The van der Waals surface area contributed by atoms with Crippen molar-refractivity contribution in [1.82, 2.24) is 24.8 Å². The Bertz CT molecular complexity index is 1070. The van der Waals surface area contributed by atoms with Crippen LogP contribution in [-0.2, 0) is 11.3 Å². The van der Waals surface area contributed by atoms with E-state index in [-0.39, 0.29) is 5.91 Å². The number of fused-ring (bicyclic) bond motifs is 1. The van der Waals surface area contributed by atoms with E-state index in [0.29, 0.717) is 17.9 Å². The summed E-state index contributed by atoms with van der Waals surface area (Å²) in [4.78, 5) is 12.9. The summed E-state index contributed by atoms with van der Waals surface area (Å²) in [5.41, 5.74) is 2.89. The maximum atomic E-state index is 12.9. The quantitative estimate of drug-likeness (QED) is 0.569. The van der Waals surface area contributed by atoms with Crippen molar-refractivity contribution in [1.29, 1.82) is 0 Å². The van der Waals surface area contributed by atoms with Gasteiger partial charge in [0, 0.05) is 25.2 Å². The lowest BCUT2D eigenvalue weighted by molar-refractivity contribution is 0.102. The average molecular weight is 362 g/mol. The predicted molar refractivity (Wildman–Crippen MR) is 101 cm³/mol. The van der Waals surface area contributed by atoms with Crippen LogP contribution in [0.5, 0.6) is 0 Å². The number of ether oxygens (including phenoxy) is 1. The zero-order valence-electron chi connectivity index (χ0n) is 14.7. The molecule has 4 rings (SSSR count). The Kier molecular flexibility index (Phi) is 4.63. The topological polar surface area (TPSA) is 86.9 Å². The predicted octanol–water partition coefficient (Wildman–Crippen LogP) is 2.52. The van der Waals surface area contributed by atoms with Crippen LogP contribution in [0.15, 0.2) is 61.1 Å². The lowest BCUT2D eigenvalue weighted by Gasteiger charge is -2.11. The number of nitrogens with one attached hydrogen (secondary N) is 1. The van der Waals surface area contributed by atoms with Crippen LogP contribution in [0.3, 0.4) is 0 Å². The Morgan fingerprint density at radius 2 is 2.04 bits per heavy atom. The number of carbonyl (C=O) groups is 1. The minimum Gasteiger partial charge on any atom is -0.383 e. The fraction of sp³-hybridized carbons (Fsp3) is 0.158. The van der Waals surface area contributed by atoms with Crippen LogP contribution in [-0.4, -0.2) is 44.4 Å². The van der Waals surface area contributed by atoms with Gasteiger partial charge in [-0.2, -0.15) is 4.68 Å². The molecule has 8 heteroatoms. The van der Waals surface area contributed by atoms with E-state index in [1.54, 1.807) is 19.2 Å². The van der Waals surface area contributed by atoms with E-state index in [1.165, 1.54) is 11.0 Å². The molecule has 4 aromatic rings. The highest BCUT2D eigenvalue weighted by Gasteiger charge is 2.15. The second-order valence-corrected chi connectivity index (χ2v) is 5.97. The van der Waals surface area contributed by atoms with Gasteiger partial charge in [0.2, 0.25) is 0 Å². The average Bonchev–Trinajstić information content (AvgIpc) is 3.37. The SMILES string of the molecule is COCCn1ccc2c(NC(=O)c3ccccc3-n3cnnn3)cccc21. The first kappa shape index (κ1) is 16.9. The van der Waals surface area contributed by atoms with E-state index in [1.807, 2.05) is 42.6 Å². The molecule has 136 valence electrons. The van der Waals surface area contributed by atoms with Crippen molar-refractivity contribution < 1.29 is 9.53 Å². The number of methoxy groups -OCH3 is 1. The summed E-state index contributed by atoms with van der Waals surface area (Å²) in [5.74, 6) is -0.224. The highest BCUT2D eigenvalue weighted by Crippen LogP contribution is 2.25. The van der Waals surface area contributed by atoms with Gasteiger partial charge < -0.3 is 14.6 Å². The number of hydrogen-bond acceptors (Lipinski definition) is 5. The number of tetrazole rings is 1. The summed E-state index contributed by atoms with van der Waals surface area (Å²) in [6.07, 6.45) is 3.46. The number of amides is 1. The molecular formula is C19H18N6O2. The van der Waals surface area contributed by atoms with Gasteiger partial charge in [0.25, 0.3) is 5.91 Å². The molecule has 2 aromatic carbocycles. The summed E-state index contributed by atoms with van der Waals surface area (Å²) in [6.45, 7) is 1.37. The summed E-state index contributed by atoms with van der Waals surface area (Å²) >= 11 is 0. The van der Waals surface area contributed by atoms with Crippen LogP contribution in [0.1, 0.15) is 10.4 Å². The molecule has 8 nitrogen and oxygen atoms in total. The first-order valence-corrected chi connectivity index (χ1v) is 8.48. The number of nitrogens with zero attached hydrogens (tertiary/aromatic N) is 5. The molecule has 1 N–H and O–H groups in total. The zero-order chi connectivity index (χ0) is 18.6. The van der Waals surface area contributed by atoms with E-state index in [9.17, 15) is 4.79 Å². The number of hydrogen-bond donors (Lipinski definition) is 1. The van der Waals surface area contributed by atoms with Crippen molar-refractivity contribution in [2.45, 2.75) is 6.54 Å². The van der Waals surface area contributed by atoms with Gasteiger partial charge in [-0.05, 0) is 40.8 Å². The minimum atomic E-state index is -0.224. The van der Waals surface area contributed by atoms with Crippen molar-refractivity contribution in [3.8, 4) is 5.69 Å². The summed E-state index contributed by atoms with van der Waals surface area (Å²) in [7, 11) is 1.68. The van der Waals surface area contributed by atoms with Crippen LogP contribution >= 0.6 is 0 Å². The monoisotopic (exact) mass is 362 g/mol. The summed E-state index contributed by atoms with van der Waals surface area (Å²) in [5, 5.41) is 15.1. The highest BCUT2D eigenvalue weighted by atomic mass is 16.5. The van der Waals surface area contributed by atoms with Gasteiger partial charge in [0.15, 0.2) is 0 Å². The van der Waals surface area contributed by atoms with Crippen molar-refractivity contribution >= 4 is 22.5 Å². The van der Waals surface area contributed by atoms with E-state index in [2.05, 4.69) is 25.4 Å². The molecule has 0 aliphatic heterocycles. The third-order valence-electron chi connectivity index (χ3n) is 4.34. The van der Waals surface area contributed by atoms with Crippen molar-refractivity contribution in [2.24, 2.45) is 0 Å². The van der Waals surface area contributed by atoms with Gasteiger partial charge in [-0.25, -0.2) is 0 Å². The summed E-state index contributed by atoms with van der Waals surface area (Å²) < 4.78 is 8.73. The number of aromatic nitrogens is 5. The van der Waals surface area contributed by atoms with Crippen molar-refractivity contribution in [3.63, 3.8) is 0 Å². The van der Waals surface area contributed by atoms with Crippen LogP contribution in [0, 0.1) is 0 Å². The summed E-state index contributed by atoms with van der Waals surface area (Å²) in [6, 6.07) is 15.0. The van der Waals surface area contributed by atoms with Gasteiger partial charge >= 0.3 is 0 Å². The number of anilines is 1. The van der Waals surface area contributed by atoms with E-state index < -0.39 is 0 Å². The Morgan fingerprint density at radius 1 is 1.15 bits per heavy atom. The molecule has 0 saturated heterocycles. The number of carbonyl (C=O) groups excluding carboxylic acids is 1. The Balaban J connectivity index is 1.66. The van der Waals surface area contributed by atoms with E-state index >= 15 is 0 Å². The third kappa shape index (κ3) is 3.30. The lowest BCUT2D eigenvalue weighted by Crippen LogP contribution is -2.15. The molecule has 0 unspecified atom stereocenters. The molecule has 0 radical (unpaired) electrons. The molecule has 0 spiro atoms. The van der Waals surface area contributed by atoms with Gasteiger partial charge in [-0.1, -0.05) is 18.2 Å². The normalized spacial score (nSPS) is 11.0.